The molecule has 1 aromatic carbocycles. The van der Waals surface area contributed by atoms with Crippen molar-refractivity contribution in [2.24, 2.45) is 0 Å². The lowest BCUT2D eigenvalue weighted by atomic mass is 10.1. The van der Waals surface area contributed by atoms with Crippen molar-refractivity contribution < 1.29 is 5.11 Å². The molecule has 0 aliphatic rings. The lowest BCUT2D eigenvalue weighted by Gasteiger charge is -2.18. The Hall–Kier alpha value is -1.17. The van der Waals surface area contributed by atoms with Crippen molar-refractivity contribution in [1.29, 1.82) is 0 Å². The van der Waals surface area contributed by atoms with Crippen LogP contribution in [0.15, 0.2) is 18.2 Å². The molecule has 0 aliphatic heterocycles. The first kappa shape index (κ1) is 11.9. The topological polar surface area (TPSA) is 23.5 Å². The van der Waals surface area contributed by atoms with Crippen LogP contribution in [-0.2, 0) is 0 Å². The third-order valence-electron chi connectivity index (χ3n) is 2.19. The quantitative estimate of drug-likeness (QED) is 0.796. The van der Waals surface area contributed by atoms with Crippen molar-refractivity contribution in [3.8, 4) is 12.3 Å². The van der Waals surface area contributed by atoms with Gasteiger partial charge in [-0.2, -0.15) is 0 Å². The van der Waals surface area contributed by atoms with E-state index in [1.165, 1.54) is 0 Å². The molecule has 1 rings (SSSR count). The van der Waals surface area contributed by atoms with E-state index in [-0.39, 0.29) is 0 Å². The molecule has 0 saturated heterocycles. The van der Waals surface area contributed by atoms with Crippen molar-refractivity contribution >= 4 is 17.3 Å². The summed E-state index contributed by atoms with van der Waals surface area (Å²) in [7, 11) is 1.88. The van der Waals surface area contributed by atoms with Crippen LogP contribution in [0.3, 0.4) is 0 Å². The Balaban J connectivity index is 2.98. The molecule has 0 aliphatic carbocycles. The average molecular weight is 224 g/mol. The second kappa shape index (κ2) is 5.06. The van der Waals surface area contributed by atoms with E-state index in [4.69, 9.17) is 18.0 Å². The smallest absolute Gasteiger partial charge is 0.0788 e. The molecular weight excluding hydrogens is 210 g/mol. The molecule has 0 amide bonds. The van der Waals surface area contributed by atoms with Gasteiger partial charge in [-0.25, -0.2) is 0 Å². The second-order valence-electron chi connectivity index (χ2n) is 3.45. The third kappa shape index (κ3) is 2.89. The van der Waals surface area contributed by atoms with Crippen LogP contribution < -0.4 is 4.90 Å². The first-order valence-electron chi connectivity index (χ1n) is 4.68. The summed E-state index contributed by atoms with van der Waals surface area (Å²) in [6.07, 6.45) is 4.72. The molecular formula is C12H14ClNO. The maximum absolute atomic E-state index is 9.38. The summed E-state index contributed by atoms with van der Waals surface area (Å²) < 4.78 is 0. The van der Waals surface area contributed by atoms with E-state index in [1.54, 1.807) is 13.0 Å². The fourth-order valence-electron chi connectivity index (χ4n) is 1.31. The number of terminal acetylenes is 1. The van der Waals surface area contributed by atoms with Gasteiger partial charge >= 0.3 is 0 Å². The average Bonchev–Trinajstić information content (AvgIpc) is 2.17. The van der Waals surface area contributed by atoms with Crippen LogP contribution in [0.1, 0.15) is 18.6 Å². The second-order valence-corrected chi connectivity index (χ2v) is 3.85. The van der Waals surface area contributed by atoms with Crippen LogP contribution in [0.2, 0.25) is 5.02 Å². The summed E-state index contributed by atoms with van der Waals surface area (Å²) in [6.45, 7) is 2.21. The van der Waals surface area contributed by atoms with E-state index in [0.29, 0.717) is 11.6 Å². The van der Waals surface area contributed by atoms with Crippen molar-refractivity contribution in [3.05, 3.63) is 28.8 Å². The predicted octanol–water partition coefficient (Wildman–Crippen LogP) is 2.46. The Bertz CT molecular complexity index is 382. The number of halogens is 1. The number of hydrogen-bond acceptors (Lipinski definition) is 2. The highest BCUT2D eigenvalue weighted by Crippen LogP contribution is 2.28. The van der Waals surface area contributed by atoms with Gasteiger partial charge in [-0.15, -0.1) is 6.42 Å². The minimum atomic E-state index is -0.505. The highest BCUT2D eigenvalue weighted by Gasteiger charge is 2.08. The highest BCUT2D eigenvalue weighted by atomic mass is 35.5. The maximum atomic E-state index is 9.38. The summed E-state index contributed by atoms with van der Waals surface area (Å²) in [5.41, 5.74) is 1.68. The molecule has 0 spiro atoms. The monoisotopic (exact) mass is 223 g/mol. The first-order chi connectivity index (χ1) is 7.06. The number of aliphatic hydroxyl groups excluding tert-OH is 1. The molecule has 15 heavy (non-hydrogen) atoms. The largest absolute Gasteiger partial charge is 0.389 e. The summed E-state index contributed by atoms with van der Waals surface area (Å²) in [6, 6.07) is 5.47. The highest BCUT2D eigenvalue weighted by molar-refractivity contribution is 6.33. The number of hydrogen-bond donors (Lipinski definition) is 1. The van der Waals surface area contributed by atoms with Crippen LogP contribution in [0.25, 0.3) is 0 Å². The third-order valence-corrected chi connectivity index (χ3v) is 2.50. The minimum absolute atomic E-state index is 0.505. The molecule has 1 unspecified atom stereocenters. The van der Waals surface area contributed by atoms with Gasteiger partial charge in [0.2, 0.25) is 0 Å². The van der Waals surface area contributed by atoms with Gasteiger partial charge in [-0.05, 0) is 24.6 Å². The van der Waals surface area contributed by atoms with Crippen LogP contribution in [0.5, 0.6) is 0 Å². The summed E-state index contributed by atoms with van der Waals surface area (Å²) in [5, 5.41) is 9.98. The van der Waals surface area contributed by atoms with Gasteiger partial charge in [0.1, 0.15) is 0 Å². The molecule has 3 heteroatoms. The Morgan fingerprint density at radius 3 is 2.73 bits per heavy atom. The van der Waals surface area contributed by atoms with Crippen molar-refractivity contribution in [3.63, 3.8) is 0 Å². The van der Waals surface area contributed by atoms with Gasteiger partial charge < -0.3 is 10.0 Å². The molecule has 1 N–H and O–H groups in total. The van der Waals surface area contributed by atoms with Gasteiger partial charge in [0.15, 0.2) is 0 Å². The molecule has 0 aromatic heterocycles. The van der Waals surface area contributed by atoms with E-state index in [0.717, 1.165) is 11.3 Å². The molecule has 0 heterocycles. The van der Waals surface area contributed by atoms with Gasteiger partial charge in [-0.3, -0.25) is 0 Å². The summed E-state index contributed by atoms with van der Waals surface area (Å²) >= 11 is 6.08. The molecule has 0 fully saturated rings. The molecule has 2 nitrogen and oxygen atoms in total. The molecule has 0 bridgehead atoms. The zero-order valence-corrected chi connectivity index (χ0v) is 9.62. The Morgan fingerprint density at radius 1 is 1.60 bits per heavy atom. The Kier molecular flexibility index (Phi) is 4.02. The first-order valence-corrected chi connectivity index (χ1v) is 5.06. The van der Waals surface area contributed by atoms with E-state index in [1.807, 2.05) is 24.1 Å². The molecule has 80 valence electrons. The SMILES string of the molecule is C#CCN(C)c1ccc(C(C)O)cc1Cl. The van der Waals surface area contributed by atoms with Gasteiger partial charge in [0.05, 0.1) is 23.4 Å². The normalized spacial score (nSPS) is 11.9. The maximum Gasteiger partial charge on any atom is 0.0788 e. The van der Waals surface area contributed by atoms with Crippen molar-refractivity contribution in [2.45, 2.75) is 13.0 Å². The van der Waals surface area contributed by atoms with Crippen molar-refractivity contribution in [2.75, 3.05) is 18.5 Å². The predicted molar refractivity (Wildman–Crippen MR) is 64.2 cm³/mol. The number of anilines is 1. The number of rotatable bonds is 3. The molecule has 0 radical (unpaired) electrons. The van der Waals surface area contributed by atoms with Crippen LogP contribution in [0.4, 0.5) is 5.69 Å². The van der Waals surface area contributed by atoms with E-state index >= 15 is 0 Å². The Morgan fingerprint density at radius 2 is 2.27 bits per heavy atom. The van der Waals surface area contributed by atoms with Crippen molar-refractivity contribution in [1.82, 2.24) is 0 Å². The zero-order chi connectivity index (χ0) is 11.4. The van der Waals surface area contributed by atoms with Crippen LogP contribution in [-0.4, -0.2) is 18.7 Å². The summed E-state index contributed by atoms with van der Waals surface area (Å²) in [4.78, 5) is 1.88. The minimum Gasteiger partial charge on any atom is -0.389 e. The number of nitrogens with zero attached hydrogens (tertiary/aromatic N) is 1. The fraction of sp³-hybridized carbons (Fsp3) is 0.333. The Labute approximate surface area is 95.5 Å². The van der Waals surface area contributed by atoms with E-state index < -0.39 is 6.10 Å². The fourth-order valence-corrected chi connectivity index (χ4v) is 1.65. The lowest BCUT2D eigenvalue weighted by molar-refractivity contribution is 0.199. The standard InChI is InChI=1S/C12H14ClNO/c1-4-7-14(3)12-6-5-10(9(2)15)8-11(12)13/h1,5-6,8-9,15H,7H2,2-3H3. The molecule has 0 saturated carbocycles. The number of benzene rings is 1. The zero-order valence-electron chi connectivity index (χ0n) is 8.87. The molecule has 1 atom stereocenters. The van der Waals surface area contributed by atoms with Gasteiger partial charge in [0, 0.05) is 7.05 Å². The summed E-state index contributed by atoms with van der Waals surface area (Å²) in [5.74, 6) is 2.55. The van der Waals surface area contributed by atoms with Gasteiger partial charge in [-0.1, -0.05) is 23.6 Å². The van der Waals surface area contributed by atoms with Crippen LogP contribution >= 0.6 is 11.6 Å². The lowest BCUT2D eigenvalue weighted by Crippen LogP contribution is -2.17. The van der Waals surface area contributed by atoms with E-state index in [2.05, 4.69) is 5.92 Å². The number of aliphatic hydroxyl groups is 1. The van der Waals surface area contributed by atoms with Crippen LogP contribution in [0, 0.1) is 12.3 Å². The molecule has 1 aromatic rings. The van der Waals surface area contributed by atoms with Gasteiger partial charge in [0.25, 0.3) is 0 Å². The van der Waals surface area contributed by atoms with E-state index in [9.17, 15) is 5.11 Å².